The molecule has 2 heteroatoms. The molecule has 0 fully saturated rings. The van der Waals surface area contributed by atoms with E-state index in [9.17, 15) is 4.79 Å². The van der Waals surface area contributed by atoms with Crippen molar-refractivity contribution < 1.29 is 4.79 Å². The Balaban J connectivity index is 2.76. The fraction of sp³-hybridized carbons (Fsp3) is 0.133. The van der Waals surface area contributed by atoms with Gasteiger partial charge in [-0.25, -0.2) is 0 Å². The molecule has 0 saturated heterocycles. The summed E-state index contributed by atoms with van der Waals surface area (Å²) < 4.78 is 0. The fourth-order valence-electron chi connectivity index (χ4n) is 2.17. The minimum atomic E-state index is 0.685. The van der Waals surface area contributed by atoms with Crippen molar-refractivity contribution in [2.45, 2.75) is 13.8 Å². The van der Waals surface area contributed by atoms with Crippen molar-refractivity contribution in [1.29, 1.82) is 0 Å². The van der Waals surface area contributed by atoms with Crippen LogP contribution in [0.5, 0.6) is 0 Å². The summed E-state index contributed by atoms with van der Waals surface area (Å²) >= 11 is 0. The molecule has 1 N–H and O–H groups in total. The molecule has 0 aliphatic heterocycles. The third-order valence-electron chi connectivity index (χ3n) is 2.87. The number of benzene rings is 1. The lowest BCUT2D eigenvalue weighted by atomic mass is 10.0. The number of aromatic nitrogens is 1. The molecule has 0 spiro atoms. The highest BCUT2D eigenvalue weighted by atomic mass is 16.1. The Morgan fingerprint density at radius 3 is 2.82 bits per heavy atom. The third-order valence-corrected chi connectivity index (χ3v) is 2.87. The highest BCUT2D eigenvalue weighted by Gasteiger charge is 2.11. The van der Waals surface area contributed by atoms with Crippen LogP contribution in [-0.2, 0) is 0 Å². The number of aryl methyl sites for hydroxylation is 1. The molecule has 1 heterocycles. The number of para-hydroxylation sites is 1. The Morgan fingerprint density at radius 1 is 1.41 bits per heavy atom. The predicted octanol–water partition coefficient (Wildman–Crippen LogP) is 3.88. The molecular formula is C15H15NO. The van der Waals surface area contributed by atoms with Crippen LogP contribution in [0.2, 0.25) is 0 Å². The molecule has 0 aliphatic rings. The van der Waals surface area contributed by atoms with Crippen molar-refractivity contribution in [2.24, 2.45) is 0 Å². The Hall–Kier alpha value is -2.09. The molecule has 1 aromatic heterocycles. The zero-order valence-corrected chi connectivity index (χ0v) is 10.1. The van der Waals surface area contributed by atoms with Crippen LogP contribution in [0.3, 0.4) is 0 Å². The van der Waals surface area contributed by atoms with Gasteiger partial charge < -0.3 is 4.98 Å². The minimum Gasteiger partial charge on any atom is -0.358 e. The molecule has 0 radical (unpaired) electrons. The first-order chi connectivity index (χ1) is 8.19. The molecule has 0 saturated carbocycles. The first kappa shape index (κ1) is 11.4. The summed E-state index contributed by atoms with van der Waals surface area (Å²) in [6, 6.07) is 5.72. The van der Waals surface area contributed by atoms with Gasteiger partial charge in [-0.2, -0.15) is 0 Å². The van der Waals surface area contributed by atoms with Crippen LogP contribution in [0.15, 0.2) is 36.9 Å². The summed E-state index contributed by atoms with van der Waals surface area (Å²) in [4.78, 5) is 14.2. The van der Waals surface area contributed by atoms with Crippen molar-refractivity contribution >= 4 is 22.8 Å². The van der Waals surface area contributed by atoms with Crippen molar-refractivity contribution in [2.75, 3.05) is 0 Å². The lowest BCUT2D eigenvalue weighted by Gasteiger charge is -2.00. The number of fused-ring (bicyclic) bond motifs is 1. The zero-order chi connectivity index (χ0) is 12.4. The molecule has 2 aromatic rings. The van der Waals surface area contributed by atoms with E-state index in [1.807, 2.05) is 44.2 Å². The standard InChI is InChI=1S/C15H15NO/c1-4-6-10(2)14-11(3)16-15-12(9-17)7-5-8-13(14)15/h4-9,16H,2H2,1,3H3/b6-4-. The molecule has 2 nitrogen and oxygen atoms in total. The lowest BCUT2D eigenvalue weighted by molar-refractivity contribution is 0.112. The molecule has 0 atom stereocenters. The van der Waals surface area contributed by atoms with Gasteiger partial charge in [-0.1, -0.05) is 30.9 Å². The summed E-state index contributed by atoms with van der Waals surface area (Å²) in [6.07, 6.45) is 4.81. The van der Waals surface area contributed by atoms with Gasteiger partial charge in [0, 0.05) is 22.2 Å². The molecule has 2 rings (SSSR count). The van der Waals surface area contributed by atoms with Gasteiger partial charge in [0.05, 0.1) is 5.52 Å². The number of rotatable bonds is 3. The Bertz CT molecular complexity index is 617. The van der Waals surface area contributed by atoms with E-state index in [-0.39, 0.29) is 0 Å². The van der Waals surface area contributed by atoms with Crippen LogP contribution >= 0.6 is 0 Å². The second-order valence-corrected chi connectivity index (χ2v) is 4.04. The Morgan fingerprint density at radius 2 is 2.18 bits per heavy atom. The lowest BCUT2D eigenvalue weighted by Crippen LogP contribution is -1.82. The van der Waals surface area contributed by atoms with Crippen LogP contribution in [-0.4, -0.2) is 11.3 Å². The van der Waals surface area contributed by atoms with E-state index >= 15 is 0 Å². The predicted molar refractivity (Wildman–Crippen MR) is 72.3 cm³/mol. The topological polar surface area (TPSA) is 32.9 Å². The van der Waals surface area contributed by atoms with Gasteiger partial charge in [-0.15, -0.1) is 0 Å². The Labute approximate surface area is 101 Å². The van der Waals surface area contributed by atoms with E-state index in [0.29, 0.717) is 5.56 Å². The minimum absolute atomic E-state index is 0.685. The molecule has 0 bridgehead atoms. The van der Waals surface area contributed by atoms with Gasteiger partial charge in [-0.3, -0.25) is 4.79 Å². The molecule has 0 unspecified atom stereocenters. The maximum Gasteiger partial charge on any atom is 0.152 e. The van der Waals surface area contributed by atoms with Gasteiger partial charge in [0.2, 0.25) is 0 Å². The summed E-state index contributed by atoms with van der Waals surface area (Å²) in [7, 11) is 0. The average molecular weight is 225 g/mol. The number of aromatic amines is 1. The van der Waals surface area contributed by atoms with Gasteiger partial charge in [0.25, 0.3) is 0 Å². The van der Waals surface area contributed by atoms with E-state index in [4.69, 9.17) is 0 Å². The second kappa shape index (κ2) is 4.42. The maximum atomic E-state index is 11.0. The quantitative estimate of drug-likeness (QED) is 0.624. The number of aldehydes is 1. The van der Waals surface area contributed by atoms with Gasteiger partial charge in [0.1, 0.15) is 0 Å². The van der Waals surface area contributed by atoms with Crippen LogP contribution in [0, 0.1) is 6.92 Å². The number of carbonyl (C=O) groups is 1. The zero-order valence-electron chi connectivity index (χ0n) is 10.1. The van der Waals surface area contributed by atoms with E-state index in [0.717, 1.165) is 34.0 Å². The molecule has 1 aromatic carbocycles. The molecule has 17 heavy (non-hydrogen) atoms. The summed E-state index contributed by atoms with van der Waals surface area (Å²) in [5, 5.41) is 1.05. The van der Waals surface area contributed by atoms with Crippen LogP contribution < -0.4 is 0 Å². The molecule has 86 valence electrons. The number of hydrogen-bond acceptors (Lipinski definition) is 1. The number of hydrogen-bond donors (Lipinski definition) is 1. The number of allylic oxidation sites excluding steroid dienone is 3. The van der Waals surface area contributed by atoms with Gasteiger partial charge >= 0.3 is 0 Å². The van der Waals surface area contributed by atoms with Crippen molar-refractivity contribution in [3.8, 4) is 0 Å². The monoisotopic (exact) mass is 225 g/mol. The summed E-state index contributed by atoms with van der Waals surface area (Å²) in [6.45, 7) is 8.02. The number of carbonyl (C=O) groups excluding carboxylic acids is 1. The number of H-pyrrole nitrogens is 1. The van der Waals surface area contributed by atoms with E-state index in [1.54, 1.807) is 0 Å². The van der Waals surface area contributed by atoms with E-state index in [2.05, 4.69) is 11.6 Å². The third kappa shape index (κ3) is 1.82. The molecule has 0 aliphatic carbocycles. The van der Waals surface area contributed by atoms with Crippen LogP contribution in [0.4, 0.5) is 0 Å². The maximum absolute atomic E-state index is 11.0. The number of nitrogens with one attached hydrogen (secondary N) is 1. The fourth-order valence-corrected chi connectivity index (χ4v) is 2.17. The average Bonchev–Trinajstić information content (AvgIpc) is 2.65. The van der Waals surface area contributed by atoms with Gasteiger partial charge in [-0.05, 0) is 25.5 Å². The van der Waals surface area contributed by atoms with Gasteiger partial charge in [0.15, 0.2) is 6.29 Å². The Kier molecular flexibility index (Phi) is 2.96. The van der Waals surface area contributed by atoms with Crippen molar-refractivity contribution in [1.82, 2.24) is 4.98 Å². The SMILES string of the molecule is C=C(/C=C\C)c1c(C)[nH]c2c(C=O)cccc12. The summed E-state index contributed by atoms with van der Waals surface area (Å²) in [5.41, 5.74) is 4.66. The van der Waals surface area contributed by atoms with Crippen molar-refractivity contribution in [3.63, 3.8) is 0 Å². The highest BCUT2D eigenvalue weighted by Crippen LogP contribution is 2.29. The van der Waals surface area contributed by atoms with Crippen LogP contribution in [0.1, 0.15) is 28.5 Å². The second-order valence-electron chi connectivity index (χ2n) is 4.04. The van der Waals surface area contributed by atoms with E-state index in [1.165, 1.54) is 0 Å². The summed E-state index contributed by atoms with van der Waals surface area (Å²) in [5.74, 6) is 0. The molecular weight excluding hydrogens is 210 g/mol. The van der Waals surface area contributed by atoms with E-state index < -0.39 is 0 Å². The first-order valence-electron chi connectivity index (χ1n) is 5.57. The van der Waals surface area contributed by atoms with Crippen molar-refractivity contribution in [3.05, 3.63) is 53.8 Å². The normalized spacial score (nSPS) is 11.2. The van der Waals surface area contributed by atoms with Crippen LogP contribution in [0.25, 0.3) is 16.5 Å². The highest BCUT2D eigenvalue weighted by molar-refractivity contribution is 6.03. The smallest absolute Gasteiger partial charge is 0.152 e. The first-order valence-corrected chi connectivity index (χ1v) is 5.57. The largest absolute Gasteiger partial charge is 0.358 e. The molecule has 0 amide bonds.